The second kappa shape index (κ2) is 6.83. The van der Waals surface area contributed by atoms with E-state index in [1.54, 1.807) is 0 Å². The Morgan fingerprint density at radius 2 is 1.71 bits per heavy atom. The lowest BCUT2D eigenvalue weighted by molar-refractivity contribution is 0.123. The van der Waals surface area contributed by atoms with E-state index in [-0.39, 0.29) is 0 Å². The predicted molar refractivity (Wildman–Crippen MR) is 88.3 cm³/mol. The van der Waals surface area contributed by atoms with Gasteiger partial charge in [-0.25, -0.2) is 0 Å². The summed E-state index contributed by atoms with van der Waals surface area (Å²) in [6.07, 6.45) is 0. The van der Waals surface area contributed by atoms with Gasteiger partial charge in [-0.3, -0.25) is 0 Å². The fourth-order valence-electron chi connectivity index (χ4n) is 2.50. The number of benzene rings is 2. The summed E-state index contributed by atoms with van der Waals surface area (Å²) in [5.74, 6) is 0. The summed E-state index contributed by atoms with van der Waals surface area (Å²) < 4.78 is 5.43. The molecule has 2 aromatic rings. The SMILES string of the molecule is Clc1ccc(CNc2ccccc2N2CCOCC2)cc1. The fraction of sp³-hybridized carbons (Fsp3) is 0.294. The van der Waals surface area contributed by atoms with E-state index in [0.717, 1.165) is 43.6 Å². The van der Waals surface area contributed by atoms with E-state index >= 15 is 0 Å². The summed E-state index contributed by atoms with van der Waals surface area (Å²) >= 11 is 5.92. The van der Waals surface area contributed by atoms with Crippen LogP contribution >= 0.6 is 11.6 Å². The standard InChI is InChI=1S/C17H19ClN2O/c18-15-7-5-14(6-8-15)13-19-16-3-1-2-4-17(16)20-9-11-21-12-10-20/h1-8,19H,9-13H2. The van der Waals surface area contributed by atoms with Crippen LogP contribution in [0.25, 0.3) is 0 Å². The van der Waals surface area contributed by atoms with Crippen LogP contribution in [-0.2, 0) is 11.3 Å². The van der Waals surface area contributed by atoms with E-state index in [1.807, 2.05) is 24.3 Å². The second-order valence-electron chi connectivity index (χ2n) is 5.10. The second-order valence-corrected chi connectivity index (χ2v) is 5.53. The summed E-state index contributed by atoms with van der Waals surface area (Å²) in [4.78, 5) is 2.37. The largest absolute Gasteiger partial charge is 0.379 e. The smallest absolute Gasteiger partial charge is 0.0642 e. The van der Waals surface area contributed by atoms with Gasteiger partial charge < -0.3 is 15.0 Å². The maximum atomic E-state index is 5.92. The number of morpholine rings is 1. The normalized spacial score (nSPS) is 15.0. The van der Waals surface area contributed by atoms with E-state index in [2.05, 4.69) is 34.5 Å². The highest BCUT2D eigenvalue weighted by Gasteiger charge is 2.14. The molecule has 1 saturated heterocycles. The van der Waals surface area contributed by atoms with E-state index in [9.17, 15) is 0 Å². The first kappa shape index (κ1) is 14.2. The monoisotopic (exact) mass is 302 g/mol. The number of nitrogens with one attached hydrogen (secondary N) is 1. The van der Waals surface area contributed by atoms with Gasteiger partial charge in [-0.1, -0.05) is 35.9 Å². The minimum absolute atomic E-state index is 0.771. The van der Waals surface area contributed by atoms with Gasteiger partial charge in [-0.05, 0) is 29.8 Å². The maximum Gasteiger partial charge on any atom is 0.0642 e. The first-order chi connectivity index (χ1) is 10.3. The van der Waals surface area contributed by atoms with Crippen LogP contribution in [0.1, 0.15) is 5.56 Å². The molecule has 21 heavy (non-hydrogen) atoms. The molecule has 0 unspecified atom stereocenters. The highest BCUT2D eigenvalue weighted by Crippen LogP contribution is 2.26. The molecule has 0 bridgehead atoms. The van der Waals surface area contributed by atoms with Crippen molar-refractivity contribution < 1.29 is 4.74 Å². The molecule has 1 aliphatic heterocycles. The lowest BCUT2D eigenvalue weighted by Crippen LogP contribution is -2.36. The fourth-order valence-corrected chi connectivity index (χ4v) is 2.63. The zero-order valence-electron chi connectivity index (χ0n) is 11.9. The first-order valence-corrected chi connectivity index (χ1v) is 7.61. The van der Waals surface area contributed by atoms with Gasteiger partial charge in [0.15, 0.2) is 0 Å². The molecule has 1 heterocycles. The molecule has 0 spiro atoms. The summed E-state index contributed by atoms with van der Waals surface area (Å²) in [6.45, 7) is 4.27. The van der Waals surface area contributed by atoms with Gasteiger partial charge >= 0.3 is 0 Å². The topological polar surface area (TPSA) is 24.5 Å². The Morgan fingerprint density at radius 3 is 2.48 bits per heavy atom. The molecule has 3 rings (SSSR count). The van der Waals surface area contributed by atoms with Crippen LogP contribution in [0.5, 0.6) is 0 Å². The van der Waals surface area contributed by atoms with Crippen LogP contribution in [0.15, 0.2) is 48.5 Å². The van der Waals surface area contributed by atoms with Crippen LogP contribution in [0.4, 0.5) is 11.4 Å². The number of halogens is 1. The van der Waals surface area contributed by atoms with Gasteiger partial charge in [0, 0.05) is 24.7 Å². The van der Waals surface area contributed by atoms with Crippen LogP contribution in [0, 0.1) is 0 Å². The van der Waals surface area contributed by atoms with Crippen molar-refractivity contribution >= 4 is 23.0 Å². The summed E-state index contributed by atoms with van der Waals surface area (Å²) in [5.41, 5.74) is 3.63. The third-order valence-corrected chi connectivity index (χ3v) is 3.90. The zero-order valence-corrected chi connectivity index (χ0v) is 12.6. The zero-order chi connectivity index (χ0) is 14.5. The van der Waals surface area contributed by atoms with Gasteiger partial charge in [0.1, 0.15) is 0 Å². The van der Waals surface area contributed by atoms with Gasteiger partial charge in [0.25, 0.3) is 0 Å². The number of anilines is 2. The Balaban J connectivity index is 1.71. The molecular formula is C17H19ClN2O. The Hall–Kier alpha value is -1.71. The van der Waals surface area contributed by atoms with Crippen molar-refractivity contribution in [1.29, 1.82) is 0 Å². The number of nitrogens with zero attached hydrogens (tertiary/aromatic N) is 1. The van der Waals surface area contributed by atoms with Crippen molar-refractivity contribution in [1.82, 2.24) is 0 Å². The molecule has 0 aromatic heterocycles. The Kier molecular flexibility index (Phi) is 4.63. The minimum atomic E-state index is 0.771. The minimum Gasteiger partial charge on any atom is -0.379 e. The van der Waals surface area contributed by atoms with Gasteiger partial charge in [0.05, 0.1) is 24.6 Å². The Labute approximate surface area is 130 Å². The molecule has 0 aliphatic carbocycles. The highest BCUT2D eigenvalue weighted by molar-refractivity contribution is 6.30. The number of rotatable bonds is 4. The predicted octanol–water partition coefficient (Wildman–Crippen LogP) is 3.79. The van der Waals surface area contributed by atoms with Crippen molar-refractivity contribution in [2.45, 2.75) is 6.54 Å². The first-order valence-electron chi connectivity index (χ1n) is 7.23. The lowest BCUT2D eigenvalue weighted by atomic mass is 10.2. The van der Waals surface area contributed by atoms with Crippen LogP contribution < -0.4 is 10.2 Å². The average molecular weight is 303 g/mol. The number of ether oxygens (including phenoxy) is 1. The van der Waals surface area contributed by atoms with Gasteiger partial charge in [-0.15, -0.1) is 0 Å². The molecule has 1 N–H and O–H groups in total. The molecule has 2 aromatic carbocycles. The molecule has 1 fully saturated rings. The van der Waals surface area contributed by atoms with Crippen molar-refractivity contribution in [3.05, 3.63) is 59.1 Å². The van der Waals surface area contributed by atoms with E-state index < -0.39 is 0 Å². The van der Waals surface area contributed by atoms with Crippen molar-refractivity contribution in [2.75, 3.05) is 36.5 Å². The molecule has 0 amide bonds. The average Bonchev–Trinajstić information content (AvgIpc) is 2.55. The Bertz CT molecular complexity index is 580. The molecule has 1 aliphatic rings. The molecule has 0 saturated carbocycles. The van der Waals surface area contributed by atoms with Crippen LogP contribution in [-0.4, -0.2) is 26.3 Å². The molecule has 110 valence electrons. The molecule has 3 nitrogen and oxygen atoms in total. The molecular weight excluding hydrogens is 284 g/mol. The molecule has 0 radical (unpaired) electrons. The number of para-hydroxylation sites is 2. The number of hydrogen-bond donors (Lipinski definition) is 1. The van der Waals surface area contributed by atoms with E-state index in [0.29, 0.717) is 0 Å². The summed E-state index contributed by atoms with van der Waals surface area (Å²) in [5, 5.41) is 4.29. The van der Waals surface area contributed by atoms with Gasteiger partial charge in [0.2, 0.25) is 0 Å². The van der Waals surface area contributed by atoms with Gasteiger partial charge in [-0.2, -0.15) is 0 Å². The third-order valence-electron chi connectivity index (χ3n) is 3.65. The highest BCUT2D eigenvalue weighted by atomic mass is 35.5. The number of hydrogen-bond acceptors (Lipinski definition) is 3. The van der Waals surface area contributed by atoms with E-state index in [1.165, 1.54) is 11.3 Å². The summed E-state index contributed by atoms with van der Waals surface area (Å²) in [6, 6.07) is 16.4. The molecule has 0 atom stereocenters. The van der Waals surface area contributed by atoms with Crippen molar-refractivity contribution in [2.24, 2.45) is 0 Å². The quantitative estimate of drug-likeness (QED) is 0.930. The third kappa shape index (κ3) is 3.69. The van der Waals surface area contributed by atoms with Crippen molar-refractivity contribution in [3.63, 3.8) is 0 Å². The lowest BCUT2D eigenvalue weighted by Gasteiger charge is -2.30. The van der Waals surface area contributed by atoms with Crippen LogP contribution in [0.2, 0.25) is 5.02 Å². The van der Waals surface area contributed by atoms with Crippen molar-refractivity contribution in [3.8, 4) is 0 Å². The van der Waals surface area contributed by atoms with E-state index in [4.69, 9.17) is 16.3 Å². The summed E-state index contributed by atoms with van der Waals surface area (Å²) in [7, 11) is 0. The maximum absolute atomic E-state index is 5.92. The van der Waals surface area contributed by atoms with Crippen LogP contribution in [0.3, 0.4) is 0 Å². The molecule has 4 heteroatoms. The Morgan fingerprint density at radius 1 is 1.00 bits per heavy atom.